The van der Waals surface area contributed by atoms with Crippen LogP contribution in [0.4, 0.5) is 0 Å². The maximum Gasteiger partial charge on any atom is 0.187 e. The molecule has 0 bridgehead atoms. The number of thioether (sulfide) groups is 1. The molecule has 0 spiro atoms. The summed E-state index contributed by atoms with van der Waals surface area (Å²) in [4.78, 5) is 8.47. The summed E-state index contributed by atoms with van der Waals surface area (Å²) in [5.41, 5.74) is -0.0475. The van der Waals surface area contributed by atoms with Gasteiger partial charge in [0.25, 0.3) is 0 Å². The number of rotatable bonds is 8. The summed E-state index contributed by atoms with van der Waals surface area (Å²) in [6.45, 7) is 3.42. The molecule has 1 aromatic rings. The molecule has 1 heterocycles. The van der Waals surface area contributed by atoms with E-state index in [0.29, 0.717) is 5.92 Å². The average molecular weight is 295 g/mol. The van der Waals surface area contributed by atoms with Crippen molar-refractivity contribution in [3.8, 4) is 0 Å². The number of nitrogens with zero attached hydrogens (tertiary/aromatic N) is 2. The van der Waals surface area contributed by atoms with Gasteiger partial charge in [0.05, 0.1) is 6.61 Å². The van der Waals surface area contributed by atoms with Gasteiger partial charge < -0.3 is 10.4 Å². The Morgan fingerprint density at radius 3 is 2.95 bits per heavy atom. The molecule has 0 aromatic carbocycles. The average Bonchev–Trinajstić information content (AvgIpc) is 2.90. The summed E-state index contributed by atoms with van der Waals surface area (Å²) in [7, 11) is 0. The molecule has 2 atom stereocenters. The molecule has 0 aliphatic heterocycles. The smallest absolute Gasteiger partial charge is 0.187 e. The predicted molar refractivity (Wildman–Crippen MR) is 82.8 cm³/mol. The molecular weight excluding hydrogens is 270 g/mol. The standard InChI is InChI=1S/C15H25N3OS/c1-2-8-18-15(12-19)7-3-5-13(15)6-11-20-14-16-9-4-10-17-14/h4,9-10,13,18-19H,2-3,5-8,11-12H2,1H3. The zero-order valence-electron chi connectivity index (χ0n) is 12.2. The van der Waals surface area contributed by atoms with Crippen LogP contribution in [0.25, 0.3) is 0 Å². The van der Waals surface area contributed by atoms with E-state index in [1.807, 2.05) is 6.07 Å². The topological polar surface area (TPSA) is 58.0 Å². The minimum absolute atomic E-state index is 0.0475. The molecule has 1 aliphatic rings. The Labute approximate surface area is 125 Å². The molecule has 0 saturated heterocycles. The maximum atomic E-state index is 9.84. The molecule has 2 N–H and O–H groups in total. The lowest BCUT2D eigenvalue weighted by atomic mass is 9.85. The molecule has 5 heteroatoms. The van der Waals surface area contributed by atoms with Gasteiger partial charge in [0.2, 0.25) is 0 Å². The Kier molecular flexibility index (Phi) is 6.26. The fourth-order valence-electron chi connectivity index (χ4n) is 3.09. The van der Waals surface area contributed by atoms with Gasteiger partial charge in [-0.05, 0) is 44.2 Å². The number of aliphatic hydroxyl groups is 1. The molecule has 2 unspecified atom stereocenters. The quantitative estimate of drug-likeness (QED) is 0.570. The minimum Gasteiger partial charge on any atom is -0.394 e. The third kappa shape index (κ3) is 3.93. The van der Waals surface area contributed by atoms with E-state index in [9.17, 15) is 5.11 Å². The fourth-order valence-corrected chi connectivity index (χ4v) is 3.94. The molecule has 1 saturated carbocycles. The van der Waals surface area contributed by atoms with Crippen molar-refractivity contribution in [2.24, 2.45) is 5.92 Å². The molecule has 0 amide bonds. The second-order valence-electron chi connectivity index (χ2n) is 5.50. The zero-order valence-corrected chi connectivity index (χ0v) is 13.0. The summed E-state index contributed by atoms with van der Waals surface area (Å²) in [5.74, 6) is 1.58. The highest BCUT2D eigenvalue weighted by atomic mass is 32.2. The van der Waals surface area contributed by atoms with Crippen LogP contribution in [0.1, 0.15) is 39.0 Å². The normalized spacial score (nSPS) is 26.0. The summed E-state index contributed by atoms with van der Waals surface area (Å²) in [6.07, 6.45) is 9.32. The van der Waals surface area contributed by atoms with Crippen LogP contribution < -0.4 is 5.32 Å². The lowest BCUT2D eigenvalue weighted by Crippen LogP contribution is -2.51. The van der Waals surface area contributed by atoms with Crippen LogP contribution in [-0.2, 0) is 0 Å². The monoisotopic (exact) mass is 295 g/mol. The number of aromatic nitrogens is 2. The highest BCUT2D eigenvalue weighted by molar-refractivity contribution is 7.99. The van der Waals surface area contributed by atoms with Crippen LogP contribution in [0.2, 0.25) is 0 Å². The van der Waals surface area contributed by atoms with E-state index < -0.39 is 0 Å². The number of hydrogen-bond donors (Lipinski definition) is 2. The Hall–Kier alpha value is -0.650. The van der Waals surface area contributed by atoms with E-state index in [2.05, 4.69) is 22.2 Å². The van der Waals surface area contributed by atoms with Gasteiger partial charge in [0, 0.05) is 23.7 Å². The first-order valence-corrected chi connectivity index (χ1v) is 8.55. The first kappa shape index (κ1) is 15.7. The molecule has 0 radical (unpaired) electrons. The zero-order chi connectivity index (χ0) is 14.3. The first-order valence-electron chi connectivity index (χ1n) is 7.56. The van der Waals surface area contributed by atoms with E-state index in [-0.39, 0.29) is 12.1 Å². The largest absolute Gasteiger partial charge is 0.394 e. The number of hydrogen-bond acceptors (Lipinski definition) is 5. The summed E-state index contributed by atoms with van der Waals surface area (Å²) < 4.78 is 0. The fraction of sp³-hybridized carbons (Fsp3) is 0.733. The third-order valence-electron chi connectivity index (χ3n) is 4.21. The van der Waals surface area contributed by atoms with Crippen molar-refractivity contribution >= 4 is 11.8 Å². The van der Waals surface area contributed by atoms with Gasteiger partial charge in [-0.15, -0.1) is 0 Å². The molecule has 1 aromatic heterocycles. The molecule has 1 aliphatic carbocycles. The lowest BCUT2D eigenvalue weighted by molar-refractivity contribution is 0.122. The second-order valence-corrected chi connectivity index (χ2v) is 6.56. The Morgan fingerprint density at radius 1 is 1.45 bits per heavy atom. The van der Waals surface area contributed by atoms with Gasteiger partial charge >= 0.3 is 0 Å². The molecule has 1 fully saturated rings. The summed E-state index contributed by atoms with van der Waals surface area (Å²) in [5, 5.41) is 14.3. The number of nitrogens with one attached hydrogen (secondary N) is 1. The van der Waals surface area contributed by atoms with E-state index >= 15 is 0 Å². The van der Waals surface area contributed by atoms with Crippen LogP contribution in [0.15, 0.2) is 23.6 Å². The van der Waals surface area contributed by atoms with Crippen LogP contribution in [-0.4, -0.2) is 39.5 Å². The third-order valence-corrected chi connectivity index (χ3v) is 5.11. The SMILES string of the molecule is CCCNC1(CO)CCCC1CCSc1ncccn1. The van der Waals surface area contributed by atoms with Crippen molar-refractivity contribution in [2.75, 3.05) is 18.9 Å². The van der Waals surface area contributed by atoms with E-state index in [1.54, 1.807) is 24.2 Å². The van der Waals surface area contributed by atoms with Crippen molar-refractivity contribution in [1.82, 2.24) is 15.3 Å². The molecule has 20 heavy (non-hydrogen) atoms. The van der Waals surface area contributed by atoms with Crippen LogP contribution in [0.5, 0.6) is 0 Å². The van der Waals surface area contributed by atoms with Gasteiger partial charge in [-0.1, -0.05) is 25.1 Å². The molecular formula is C15H25N3OS. The highest BCUT2D eigenvalue weighted by Gasteiger charge is 2.41. The van der Waals surface area contributed by atoms with E-state index in [1.165, 1.54) is 12.8 Å². The van der Waals surface area contributed by atoms with Gasteiger partial charge in [-0.2, -0.15) is 0 Å². The Bertz CT molecular complexity index is 390. The van der Waals surface area contributed by atoms with Crippen molar-refractivity contribution in [3.63, 3.8) is 0 Å². The Balaban J connectivity index is 1.84. The van der Waals surface area contributed by atoms with E-state index in [0.717, 1.165) is 36.7 Å². The first-order chi connectivity index (χ1) is 9.80. The van der Waals surface area contributed by atoms with Crippen molar-refractivity contribution in [1.29, 1.82) is 0 Å². The van der Waals surface area contributed by atoms with Gasteiger partial charge in [0.15, 0.2) is 5.16 Å². The van der Waals surface area contributed by atoms with Crippen molar-refractivity contribution < 1.29 is 5.11 Å². The highest BCUT2D eigenvalue weighted by Crippen LogP contribution is 2.38. The molecule has 2 rings (SSSR count). The van der Waals surface area contributed by atoms with Gasteiger partial charge in [-0.3, -0.25) is 0 Å². The van der Waals surface area contributed by atoms with E-state index in [4.69, 9.17) is 0 Å². The van der Waals surface area contributed by atoms with Crippen molar-refractivity contribution in [3.05, 3.63) is 18.5 Å². The van der Waals surface area contributed by atoms with Crippen LogP contribution in [0, 0.1) is 5.92 Å². The van der Waals surface area contributed by atoms with Crippen LogP contribution >= 0.6 is 11.8 Å². The number of aliphatic hydroxyl groups excluding tert-OH is 1. The maximum absolute atomic E-state index is 9.84. The minimum atomic E-state index is -0.0475. The summed E-state index contributed by atoms with van der Waals surface area (Å²) in [6, 6.07) is 1.84. The lowest BCUT2D eigenvalue weighted by Gasteiger charge is -2.35. The van der Waals surface area contributed by atoms with Gasteiger partial charge in [-0.25, -0.2) is 9.97 Å². The van der Waals surface area contributed by atoms with Gasteiger partial charge in [0.1, 0.15) is 0 Å². The molecule has 4 nitrogen and oxygen atoms in total. The summed E-state index contributed by atoms with van der Waals surface area (Å²) >= 11 is 1.71. The second kappa shape index (κ2) is 7.96. The predicted octanol–water partition coefficient (Wildman–Crippen LogP) is 2.49. The molecule has 112 valence electrons. The van der Waals surface area contributed by atoms with Crippen LogP contribution in [0.3, 0.4) is 0 Å². The van der Waals surface area contributed by atoms with Crippen molar-refractivity contribution in [2.45, 2.75) is 49.7 Å². The Morgan fingerprint density at radius 2 is 2.25 bits per heavy atom.